The van der Waals surface area contributed by atoms with Crippen LogP contribution in [-0.4, -0.2) is 392 Å². The van der Waals surface area contributed by atoms with E-state index in [2.05, 4.69) is 10.6 Å². The van der Waals surface area contributed by atoms with E-state index < -0.39 is 311 Å². The van der Waals surface area contributed by atoms with Gasteiger partial charge in [0.2, 0.25) is 11.8 Å². The van der Waals surface area contributed by atoms with E-state index in [-0.39, 0.29) is 0 Å². The van der Waals surface area contributed by atoms with Gasteiger partial charge in [-0.25, -0.2) is 0 Å². The first-order chi connectivity index (χ1) is 43.2. The highest BCUT2D eigenvalue weighted by Gasteiger charge is 2.60. The van der Waals surface area contributed by atoms with Gasteiger partial charge in [-0.3, -0.25) is 19.2 Å². The van der Waals surface area contributed by atoms with Crippen molar-refractivity contribution in [3.8, 4) is 0 Å². The number of nitrogens with one attached hydrogen (secondary N) is 2. The molecular formula is C50H80N2O39. The van der Waals surface area contributed by atoms with Crippen LogP contribution in [0.1, 0.15) is 25.7 Å². The van der Waals surface area contributed by atoms with Gasteiger partial charge in [-0.05, 0) is 0 Å². The first-order valence-corrected chi connectivity index (χ1v) is 28.9. The Bertz CT molecular complexity index is 2310. The molecule has 41 heteroatoms. The highest BCUT2D eigenvalue weighted by Crippen LogP contribution is 2.39. The number of hydrogen-bond acceptors (Lipinski definition) is 37. The van der Waals surface area contributed by atoms with Gasteiger partial charge in [-0.1, -0.05) is 0 Å². The summed E-state index contributed by atoms with van der Waals surface area (Å²) >= 11 is 0. The molecule has 0 saturated carbocycles. The van der Waals surface area contributed by atoms with Crippen molar-refractivity contribution in [1.29, 1.82) is 0 Å². The number of rotatable bonds is 15. The van der Waals surface area contributed by atoms with Crippen LogP contribution >= 0.6 is 0 Å². The molecule has 21 fully saturated rings. The third kappa shape index (κ3) is 16.0. The van der Waals surface area contributed by atoms with E-state index in [4.69, 9.17) is 66.3 Å². The molecule has 0 aliphatic carbocycles. The Morgan fingerprint density at radius 1 is 0.242 bits per heavy atom. The van der Waals surface area contributed by atoms with Crippen LogP contribution < -0.4 is 10.6 Å². The number of carbonyl (C=O) groups excluding carboxylic acids is 2. The number of aliphatic hydroxyl groups excluding tert-OH is 19. The third-order valence-corrected chi connectivity index (χ3v) is 16.6. The SMILES string of the molecule is O=C(O)CCC(=O)N[C@@H]1[C@@H](O)[C@@H]2O[C@@H]3[C@H](NC(=O)CCC(=O)O)[C@@H](O)[C@H](O[C@@H]4[C@@H](O)[C@H](O)[C@H](O[C@@H]5[C@@H](O)[C@H](O)[C@H](O[C@@H]6[C@@H](O)[C@H](O)[C@H](O[C@@H]7[C@@H](O)[C@H](O)[C@H](O[C@@H]8[C@@H](O)[C@H](O)[C@H](O[C@H]1[C@H](CO)O2)O[C@H]8CO)O[C@H]7CO)O[C@H]6CO)O[C@H]5CO)O[C@H]4CO)O[C@H]3CO. The van der Waals surface area contributed by atoms with Crippen molar-refractivity contribution in [1.82, 2.24) is 10.6 Å². The lowest BCUT2D eigenvalue weighted by Gasteiger charge is -2.51. The quantitative estimate of drug-likeness (QED) is 0.0724. The van der Waals surface area contributed by atoms with Gasteiger partial charge < -0.3 is 184 Å². The zero-order valence-electron chi connectivity index (χ0n) is 47.7. The summed E-state index contributed by atoms with van der Waals surface area (Å²) in [5.41, 5.74) is 0. The van der Waals surface area contributed by atoms with Crippen LogP contribution in [0.15, 0.2) is 0 Å². The van der Waals surface area contributed by atoms with Crippen LogP contribution in [0.3, 0.4) is 0 Å². The van der Waals surface area contributed by atoms with E-state index in [1.807, 2.05) is 0 Å². The fourth-order valence-electron chi connectivity index (χ4n) is 11.8. The standard InChI is InChI=1S/C50H80N2O39/c53-5-12-37-24(52-20(61)2-4-22(64)65)26(67)45(79-12)87-39-14(7-55)81-47(33(74)28(39)69)89-41-16(9-57)83-49(35(76)30(41)71)91-43-18(11-59)84-50(36(77)31(43)72)90-42-17(10-58)82-48(34(75)29(42)70)88-40-15(8-56)80-46(32(73)27(40)68)86-38-13(6-54)78-44(85-37)25(66)23(38)51-19(60)1-3-21(62)63/h12-18,23-50,53-59,66-77H,1-11H2,(H,51,60)(H,52,61)(H,62,63)(H,64,65)/t12-,13-,14-,15-,16-,17-,18-,23+,24+,25+,26+,27-,28-,29-,30-,31-,32-,33-,34-,35-,36-,37-,38-,39-,40-,41-,42-,43-,44-,45-,46-,47-,48-,49-,50-/m0/s1. The van der Waals surface area contributed by atoms with Crippen molar-refractivity contribution in [3.63, 3.8) is 0 Å². The number of hydrogen-bond donors (Lipinski definition) is 23. The van der Waals surface area contributed by atoms with Gasteiger partial charge in [0.05, 0.1) is 71.2 Å². The second-order valence-electron chi connectivity index (χ2n) is 22.6. The zero-order valence-corrected chi connectivity index (χ0v) is 47.7. The van der Waals surface area contributed by atoms with Crippen molar-refractivity contribution in [2.24, 2.45) is 0 Å². The number of amides is 2. The molecule has 35 atom stereocenters. The Kier molecular flexibility index (Phi) is 25.9. The lowest BCUT2D eigenvalue weighted by Crippen LogP contribution is -2.71. The van der Waals surface area contributed by atoms with Gasteiger partial charge >= 0.3 is 11.9 Å². The van der Waals surface area contributed by atoms with E-state index in [1.165, 1.54) is 0 Å². The maximum absolute atomic E-state index is 13.4. The largest absolute Gasteiger partial charge is 0.481 e. The number of carboxylic acid groups (broad SMARTS) is 2. The predicted octanol–water partition coefficient (Wildman–Crippen LogP) is -15.3. The fourth-order valence-corrected chi connectivity index (χ4v) is 11.8. The van der Waals surface area contributed by atoms with Gasteiger partial charge in [0.1, 0.15) is 159 Å². The third-order valence-electron chi connectivity index (χ3n) is 16.6. The molecule has 0 aromatic rings. The van der Waals surface area contributed by atoms with E-state index in [1.54, 1.807) is 0 Å². The van der Waals surface area contributed by atoms with Crippen LogP contribution in [0.25, 0.3) is 0 Å². The summed E-state index contributed by atoms with van der Waals surface area (Å²) in [6, 6.07) is -4.00. The van der Waals surface area contributed by atoms with Gasteiger partial charge in [0.15, 0.2) is 44.0 Å². The summed E-state index contributed by atoms with van der Waals surface area (Å²) in [6.07, 6.45) is -72.6. The summed E-state index contributed by atoms with van der Waals surface area (Å²) in [5.74, 6) is -5.20. The summed E-state index contributed by atoms with van der Waals surface area (Å²) < 4.78 is 81.3. The molecule has 0 radical (unpaired) electrons. The van der Waals surface area contributed by atoms with Crippen LogP contribution in [0.5, 0.6) is 0 Å². The number of ether oxygens (including phenoxy) is 14. The van der Waals surface area contributed by atoms with Crippen LogP contribution in [0.2, 0.25) is 0 Å². The highest BCUT2D eigenvalue weighted by molar-refractivity contribution is 5.81. The molecule has 524 valence electrons. The van der Waals surface area contributed by atoms with Gasteiger partial charge in [-0.15, -0.1) is 0 Å². The van der Waals surface area contributed by atoms with Crippen molar-refractivity contribution < 1.29 is 193 Å². The monoisotopic (exact) mass is 1330 g/mol. The lowest BCUT2D eigenvalue weighted by molar-refractivity contribution is -0.396. The minimum absolute atomic E-state index is 0.793. The molecule has 21 rings (SSSR count). The molecule has 0 spiro atoms. The Morgan fingerprint density at radius 3 is 0.604 bits per heavy atom. The first-order valence-electron chi connectivity index (χ1n) is 28.9. The molecule has 0 aromatic carbocycles. The maximum atomic E-state index is 13.4. The van der Waals surface area contributed by atoms with Gasteiger partial charge in [-0.2, -0.15) is 0 Å². The molecule has 0 aromatic heterocycles. The van der Waals surface area contributed by atoms with Crippen molar-refractivity contribution in [2.45, 2.75) is 241 Å². The summed E-state index contributed by atoms with van der Waals surface area (Å²) in [7, 11) is 0. The van der Waals surface area contributed by atoms with Crippen molar-refractivity contribution in [2.75, 3.05) is 46.2 Å². The minimum atomic E-state index is -2.35. The molecule has 2 amide bonds. The molecular weight excluding hydrogens is 1250 g/mol. The Balaban J connectivity index is 1.15. The highest BCUT2D eigenvalue weighted by atomic mass is 16.8. The predicted molar refractivity (Wildman–Crippen MR) is 274 cm³/mol. The summed E-state index contributed by atoms with van der Waals surface area (Å²) in [4.78, 5) is 49.9. The number of carboxylic acids is 2. The first kappa shape index (κ1) is 73.4. The Hall–Kier alpha value is -3.44. The van der Waals surface area contributed by atoms with Gasteiger partial charge in [0, 0.05) is 12.8 Å². The number of aliphatic hydroxyl groups is 19. The molecule has 23 N–H and O–H groups in total. The maximum Gasteiger partial charge on any atom is 0.303 e. The van der Waals surface area contributed by atoms with Gasteiger partial charge in [0.25, 0.3) is 0 Å². The number of carbonyl (C=O) groups is 4. The average molecular weight is 1330 g/mol. The minimum Gasteiger partial charge on any atom is -0.481 e. The normalized spacial score (nSPS) is 48.4. The second-order valence-corrected chi connectivity index (χ2v) is 22.6. The topological polar surface area (TPSA) is 646 Å². The molecule has 41 nitrogen and oxygen atoms in total. The zero-order chi connectivity index (χ0) is 66.6. The average Bonchev–Trinajstić information content (AvgIpc) is 0.858. The smallest absolute Gasteiger partial charge is 0.303 e. The Morgan fingerprint density at radius 2 is 0.418 bits per heavy atom. The van der Waals surface area contributed by atoms with Crippen molar-refractivity contribution in [3.05, 3.63) is 0 Å². The molecule has 91 heavy (non-hydrogen) atoms. The summed E-state index contributed by atoms with van der Waals surface area (Å²) in [6.45, 7) is -7.97. The molecule has 21 saturated heterocycles. The van der Waals surface area contributed by atoms with E-state index in [9.17, 15) is 126 Å². The van der Waals surface area contributed by atoms with E-state index in [0.29, 0.717) is 0 Å². The van der Waals surface area contributed by atoms with E-state index in [0.717, 1.165) is 0 Å². The Labute approximate surface area is 513 Å². The molecule has 0 unspecified atom stereocenters. The molecule has 21 heterocycles. The second kappa shape index (κ2) is 32.1. The van der Waals surface area contributed by atoms with Crippen LogP contribution in [0, 0.1) is 0 Å². The van der Waals surface area contributed by atoms with E-state index >= 15 is 0 Å². The lowest BCUT2D eigenvalue weighted by atomic mass is 9.92. The molecule has 21 aliphatic heterocycles. The molecule has 14 bridgehead atoms. The fraction of sp³-hybridized carbons (Fsp3) is 0.920. The van der Waals surface area contributed by atoms with Crippen molar-refractivity contribution >= 4 is 23.8 Å². The summed E-state index contributed by atoms with van der Waals surface area (Å²) in [5, 5.41) is 236. The van der Waals surface area contributed by atoms with Crippen LogP contribution in [0.4, 0.5) is 0 Å². The molecule has 21 aliphatic rings. The number of aliphatic carboxylic acids is 2. The van der Waals surface area contributed by atoms with Crippen LogP contribution in [-0.2, 0) is 85.5 Å².